The molecule has 34 heavy (non-hydrogen) atoms. The summed E-state index contributed by atoms with van der Waals surface area (Å²) in [6, 6.07) is 21.3. The number of halogens is 1. The molecular weight excluding hydrogens is 494 g/mol. The molecule has 0 aromatic heterocycles. The molecule has 3 aromatic rings. The van der Waals surface area contributed by atoms with Crippen molar-refractivity contribution in [1.29, 1.82) is 0 Å². The highest BCUT2D eigenvalue weighted by atomic mass is 79.9. The molecule has 1 heterocycles. The Morgan fingerprint density at radius 2 is 1.74 bits per heavy atom. The van der Waals surface area contributed by atoms with Gasteiger partial charge in [0, 0.05) is 10.0 Å². The van der Waals surface area contributed by atoms with Crippen LogP contribution >= 0.6 is 15.9 Å². The minimum atomic E-state index is -0.174. The van der Waals surface area contributed by atoms with Gasteiger partial charge in [0.15, 0.2) is 11.5 Å². The Balaban J connectivity index is 1.48. The topological polar surface area (TPSA) is 56.8 Å². The van der Waals surface area contributed by atoms with Crippen LogP contribution in [-0.2, 0) is 6.42 Å². The monoisotopic (exact) mass is 523 g/mol. The van der Waals surface area contributed by atoms with E-state index in [1.54, 1.807) is 0 Å². The number of nitrogens with one attached hydrogen (secondary N) is 1. The second-order valence-corrected chi connectivity index (χ2v) is 9.24. The van der Waals surface area contributed by atoms with Gasteiger partial charge in [0.05, 0.1) is 12.6 Å². The SMILES string of the molecule is CCCCOc1ccc(CCC(NC(=O)c2ccc(Br)cc2)c2ccc3c(c2)OCCO3)cc1. The number of amides is 1. The largest absolute Gasteiger partial charge is 0.494 e. The fourth-order valence-corrected chi connectivity index (χ4v) is 4.10. The average Bonchev–Trinajstić information content (AvgIpc) is 2.87. The van der Waals surface area contributed by atoms with Gasteiger partial charge in [0.2, 0.25) is 0 Å². The van der Waals surface area contributed by atoms with Gasteiger partial charge < -0.3 is 19.5 Å². The molecule has 1 amide bonds. The van der Waals surface area contributed by atoms with Gasteiger partial charge >= 0.3 is 0 Å². The Bertz CT molecular complexity index is 1080. The van der Waals surface area contributed by atoms with Crippen LogP contribution in [0.1, 0.15) is 53.7 Å². The van der Waals surface area contributed by atoms with Crippen molar-refractivity contribution in [3.05, 3.63) is 87.9 Å². The summed E-state index contributed by atoms with van der Waals surface area (Å²) in [4.78, 5) is 13.0. The second-order valence-electron chi connectivity index (χ2n) is 8.32. The molecule has 0 fully saturated rings. The number of unbranched alkanes of at least 4 members (excludes halogenated alkanes) is 1. The van der Waals surface area contributed by atoms with Crippen LogP contribution in [0, 0.1) is 0 Å². The van der Waals surface area contributed by atoms with E-state index in [0.29, 0.717) is 18.8 Å². The third-order valence-electron chi connectivity index (χ3n) is 5.79. The van der Waals surface area contributed by atoms with E-state index < -0.39 is 0 Å². The molecule has 0 bridgehead atoms. The van der Waals surface area contributed by atoms with Crippen LogP contribution in [-0.4, -0.2) is 25.7 Å². The number of carbonyl (C=O) groups is 1. The van der Waals surface area contributed by atoms with Gasteiger partial charge in [-0.05, 0) is 78.9 Å². The fourth-order valence-electron chi connectivity index (χ4n) is 3.84. The molecule has 1 aliphatic heterocycles. The lowest BCUT2D eigenvalue weighted by atomic mass is 9.97. The molecule has 0 radical (unpaired) electrons. The summed E-state index contributed by atoms with van der Waals surface area (Å²) in [6.45, 7) is 3.97. The zero-order valence-corrected chi connectivity index (χ0v) is 21.0. The summed E-state index contributed by atoms with van der Waals surface area (Å²) in [5.41, 5.74) is 2.82. The number of aryl methyl sites for hydroxylation is 1. The molecule has 0 aliphatic carbocycles. The number of ether oxygens (including phenoxy) is 3. The van der Waals surface area contributed by atoms with Gasteiger partial charge in [-0.2, -0.15) is 0 Å². The van der Waals surface area contributed by atoms with E-state index in [0.717, 1.165) is 59.6 Å². The lowest BCUT2D eigenvalue weighted by Gasteiger charge is -2.23. The van der Waals surface area contributed by atoms with Gasteiger partial charge in [0.1, 0.15) is 19.0 Å². The van der Waals surface area contributed by atoms with Gasteiger partial charge in [-0.3, -0.25) is 4.79 Å². The molecule has 1 unspecified atom stereocenters. The van der Waals surface area contributed by atoms with Gasteiger partial charge in [-0.15, -0.1) is 0 Å². The zero-order valence-electron chi connectivity index (χ0n) is 19.4. The van der Waals surface area contributed by atoms with Crippen LogP contribution in [0.15, 0.2) is 71.2 Å². The first-order valence-electron chi connectivity index (χ1n) is 11.8. The molecule has 6 heteroatoms. The highest BCUT2D eigenvalue weighted by Gasteiger charge is 2.20. The van der Waals surface area contributed by atoms with Crippen LogP contribution in [0.5, 0.6) is 17.2 Å². The van der Waals surface area contributed by atoms with E-state index >= 15 is 0 Å². The summed E-state index contributed by atoms with van der Waals surface area (Å²) in [5, 5.41) is 3.22. The van der Waals surface area contributed by atoms with Crippen molar-refractivity contribution < 1.29 is 19.0 Å². The summed E-state index contributed by atoms with van der Waals surface area (Å²) < 4.78 is 18.2. The predicted molar refractivity (Wildman–Crippen MR) is 137 cm³/mol. The first-order chi connectivity index (χ1) is 16.6. The third-order valence-corrected chi connectivity index (χ3v) is 6.32. The highest BCUT2D eigenvalue weighted by Crippen LogP contribution is 2.34. The molecule has 178 valence electrons. The Morgan fingerprint density at radius 3 is 2.47 bits per heavy atom. The quantitative estimate of drug-likeness (QED) is 0.308. The van der Waals surface area contributed by atoms with Crippen molar-refractivity contribution in [1.82, 2.24) is 5.32 Å². The molecule has 4 rings (SSSR count). The van der Waals surface area contributed by atoms with Crippen LogP contribution in [0.3, 0.4) is 0 Å². The first-order valence-corrected chi connectivity index (χ1v) is 12.6. The van der Waals surface area contributed by atoms with Crippen LogP contribution in [0.2, 0.25) is 0 Å². The lowest BCUT2D eigenvalue weighted by molar-refractivity contribution is 0.0934. The Kier molecular flexibility index (Phi) is 8.47. The van der Waals surface area contributed by atoms with Crippen molar-refractivity contribution >= 4 is 21.8 Å². The Hall–Kier alpha value is -2.99. The number of rotatable bonds is 10. The lowest BCUT2D eigenvalue weighted by Crippen LogP contribution is -2.29. The van der Waals surface area contributed by atoms with E-state index in [4.69, 9.17) is 14.2 Å². The van der Waals surface area contributed by atoms with Crippen molar-refractivity contribution in [3.63, 3.8) is 0 Å². The summed E-state index contributed by atoms with van der Waals surface area (Å²) in [7, 11) is 0. The van der Waals surface area contributed by atoms with Crippen molar-refractivity contribution in [3.8, 4) is 17.2 Å². The second kappa shape index (κ2) is 11.9. The number of hydrogen-bond donors (Lipinski definition) is 1. The Labute approximate surface area is 209 Å². The minimum Gasteiger partial charge on any atom is -0.494 e. The average molecular weight is 524 g/mol. The van der Waals surface area contributed by atoms with E-state index in [9.17, 15) is 4.79 Å². The molecule has 5 nitrogen and oxygen atoms in total. The highest BCUT2D eigenvalue weighted by molar-refractivity contribution is 9.10. The number of carbonyl (C=O) groups excluding carboxylic acids is 1. The van der Waals surface area contributed by atoms with Crippen LogP contribution in [0.4, 0.5) is 0 Å². The summed E-state index contributed by atoms with van der Waals surface area (Å²) in [5.74, 6) is 2.25. The maximum absolute atomic E-state index is 13.0. The normalized spacial score (nSPS) is 13.2. The minimum absolute atomic E-state index is 0.105. The van der Waals surface area contributed by atoms with Crippen molar-refractivity contribution in [2.75, 3.05) is 19.8 Å². The number of fused-ring (bicyclic) bond motifs is 1. The third kappa shape index (κ3) is 6.54. The molecule has 0 spiro atoms. The fraction of sp³-hybridized carbons (Fsp3) is 0.321. The van der Waals surface area contributed by atoms with E-state index in [2.05, 4.69) is 40.3 Å². The number of benzene rings is 3. The van der Waals surface area contributed by atoms with Crippen LogP contribution in [0.25, 0.3) is 0 Å². The van der Waals surface area contributed by atoms with Gasteiger partial charge in [0.25, 0.3) is 5.91 Å². The number of hydrogen-bond acceptors (Lipinski definition) is 4. The van der Waals surface area contributed by atoms with Gasteiger partial charge in [-0.25, -0.2) is 0 Å². The molecule has 0 saturated heterocycles. The van der Waals surface area contributed by atoms with E-state index in [1.807, 2.05) is 54.6 Å². The van der Waals surface area contributed by atoms with Crippen molar-refractivity contribution in [2.45, 2.75) is 38.6 Å². The molecular formula is C28H30BrNO4. The Morgan fingerprint density at radius 1 is 1.00 bits per heavy atom. The van der Waals surface area contributed by atoms with E-state index in [-0.39, 0.29) is 11.9 Å². The summed E-state index contributed by atoms with van der Waals surface area (Å²) >= 11 is 3.42. The molecule has 3 aromatic carbocycles. The van der Waals surface area contributed by atoms with E-state index in [1.165, 1.54) is 5.56 Å². The zero-order chi connectivity index (χ0) is 23.8. The predicted octanol–water partition coefficient (Wildman–Crippen LogP) is 6.50. The molecule has 1 aliphatic rings. The van der Waals surface area contributed by atoms with Crippen molar-refractivity contribution in [2.24, 2.45) is 0 Å². The summed E-state index contributed by atoms with van der Waals surface area (Å²) in [6.07, 6.45) is 3.73. The smallest absolute Gasteiger partial charge is 0.251 e. The molecule has 1 atom stereocenters. The first kappa shape index (κ1) is 24.1. The molecule has 1 N–H and O–H groups in total. The van der Waals surface area contributed by atoms with Gasteiger partial charge in [-0.1, -0.05) is 47.5 Å². The standard InChI is InChI=1S/C28H30BrNO4/c1-2-3-16-32-24-12-4-20(5-13-24)6-14-25(30-28(31)21-7-10-23(29)11-8-21)22-9-15-26-27(19-22)34-18-17-33-26/h4-5,7-13,15,19,25H,2-3,6,14,16-18H2,1H3,(H,30,31). The maximum atomic E-state index is 13.0. The maximum Gasteiger partial charge on any atom is 0.251 e. The van der Waals surface area contributed by atoms with Crippen LogP contribution < -0.4 is 19.5 Å². The molecule has 0 saturated carbocycles.